The number of carboxylic acid groups (broad SMARTS) is 1. The van der Waals surface area contributed by atoms with Gasteiger partial charge in [-0.3, -0.25) is 4.98 Å². The van der Waals surface area contributed by atoms with Gasteiger partial charge in [0.15, 0.2) is 0 Å². The number of aromatic nitrogens is 1. The number of benzene rings is 1. The van der Waals surface area contributed by atoms with Crippen molar-refractivity contribution in [3.05, 3.63) is 64.3 Å². The van der Waals surface area contributed by atoms with Gasteiger partial charge >= 0.3 is 5.97 Å². The molecule has 0 aliphatic carbocycles. The van der Waals surface area contributed by atoms with E-state index in [1.165, 1.54) is 6.07 Å². The summed E-state index contributed by atoms with van der Waals surface area (Å²) in [5.41, 5.74) is 4.28. The minimum atomic E-state index is -0.980. The molecule has 0 amide bonds. The Balaban J connectivity index is 1.97. The zero-order chi connectivity index (χ0) is 18.2. The highest BCUT2D eigenvalue weighted by Gasteiger charge is 2.16. The van der Waals surface area contributed by atoms with Gasteiger partial charge in [-0.2, -0.15) is 0 Å². The molecule has 128 valence electrons. The molecular formula is C20H18ClNO2S. The van der Waals surface area contributed by atoms with E-state index in [2.05, 4.69) is 43.3 Å². The highest BCUT2D eigenvalue weighted by Crippen LogP contribution is 2.37. The van der Waals surface area contributed by atoms with E-state index >= 15 is 0 Å². The molecular weight excluding hydrogens is 354 g/mol. The van der Waals surface area contributed by atoms with E-state index in [4.69, 9.17) is 16.7 Å². The van der Waals surface area contributed by atoms with Crippen LogP contribution in [0.5, 0.6) is 0 Å². The third-order valence-electron chi connectivity index (χ3n) is 3.94. The van der Waals surface area contributed by atoms with Crippen LogP contribution in [0.1, 0.15) is 36.8 Å². The molecule has 5 heteroatoms. The van der Waals surface area contributed by atoms with Crippen molar-refractivity contribution in [2.45, 2.75) is 26.2 Å². The SMILES string of the molecule is CC(C)(C)c1cc(-c2csc(-c3ccc(C(=O)O)cc3Cl)c2)ccn1. The van der Waals surface area contributed by atoms with Crippen LogP contribution in [0.15, 0.2) is 48.0 Å². The monoisotopic (exact) mass is 371 g/mol. The molecule has 0 atom stereocenters. The average molecular weight is 372 g/mol. The molecule has 0 saturated carbocycles. The van der Waals surface area contributed by atoms with Crippen LogP contribution >= 0.6 is 22.9 Å². The molecule has 0 saturated heterocycles. The lowest BCUT2D eigenvalue weighted by atomic mass is 9.90. The van der Waals surface area contributed by atoms with Crippen molar-refractivity contribution in [1.29, 1.82) is 0 Å². The van der Waals surface area contributed by atoms with Gasteiger partial charge < -0.3 is 5.11 Å². The minimum Gasteiger partial charge on any atom is -0.478 e. The van der Waals surface area contributed by atoms with Crippen LogP contribution in [0.2, 0.25) is 5.02 Å². The van der Waals surface area contributed by atoms with Crippen LogP contribution in [0, 0.1) is 0 Å². The molecule has 25 heavy (non-hydrogen) atoms. The van der Waals surface area contributed by atoms with Crippen LogP contribution in [0.4, 0.5) is 0 Å². The van der Waals surface area contributed by atoms with Crippen LogP contribution < -0.4 is 0 Å². The second-order valence-corrected chi connectivity index (χ2v) is 8.20. The molecule has 0 radical (unpaired) electrons. The number of hydrogen-bond acceptors (Lipinski definition) is 3. The standard InChI is InChI=1S/C20H18ClNO2S/c1-20(2,3)18-10-12(6-7-22-18)14-9-17(25-11-14)15-5-4-13(19(23)24)8-16(15)21/h4-11H,1-3H3,(H,23,24). The molecule has 0 aliphatic rings. The molecule has 0 fully saturated rings. The van der Waals surface area contributed by atoms with Gasteiger partial charge in [0.1, 0.15) is 0 Å². The Kier molecular flexibility index (Phi) is 4.67. The van der Waals surface area contributed by atoms with Crippen molar-refractivity contribution in [3.63, 3.8) is 0 Å². The molecule has 0 spiro atoms. The van der Waals surface area contributed by atoms with Gasteiger partial charge in [0.05, 0.1) is 10.6 Å². The topological polar surface area (TPSA) is 50.2 Å². The maximum atomic E-state index is 11.0. The Morgan fingerprint density at radius 3 is 2.52 bits per heavy atom. The average Bonchev–Trinajstić information content (AvgIpc) is 3.03. The number of thiophene rings is 1. The number of carbonyl (C=O) groups is 1. The minimum absolute atomic E-state index is 0.00909. The fraction of sp³-hybridized carbons (Fsp3) is 0.200. The third kappa shape index (κ3) is 3.75. The van der Waals surface area contributed by atoms with Crippen LogP contribution in [-0.2, 0) is 5.41 Å². The largest absolute Gasteiger partial charge is 0.478 e. The number of hydrogen-bond donors (Lipinski definition) is 1. The van der Waals surface area contributed by atoms with Gasteiger partial charge in [0.25, 0.3) is 0 Å². The maximum absolute atomic E-state index is 11.0. The van der Waals surface area contributed by atoms with E-state index in [0.29, 0.717) is 5.02 Å². The first-order valence-electron chi connectivity index (χ1n) is 7.84. The number of pyridine rings is 1. The van der Waals surface area contributed by atoms with Gasteiger partial charge in [-0.05, 0) is 46.8 Å². The first-order valence-corrected chi connectivity index (χ1v) is 9.10. The molecule has 3 nitrogen and oxygen atoms in total. The lowest BCUT2D eigenvalue weighted by Crippen LogP contribution is -2.13. The first kappa shape index (κ1) is 17.6. The number of halogens is 1. The summed E-state index contributed by atoms with van der Waals surface area (Å²) in [5, 5.41) is 11.6. The normalized spacial score (nSPS) is 11.5. The van der Waals surface area contributed by atoms with Crippen LogP contribution in [-0.4, -0.2) is 16.1 Å². The van der Waals surface area contributed by atoms with E-state index in [1.807, 2.05) is 12.3 Å². The van der Waals surface area contributed by atoms with E-state index in [-0.39, 0.29) is 11.0 Å². The summed E-state index contributed by atoms with van der Waals surface area (Å²) in [6.45, 7) is 6.42. The molecule has 0 bridgehead atoms. The van der Waals surface area contributed by atoms with Crippen molar-refractivity contribution in [3.8, 4) is 21.6 Å². The second-order valence-electron chi connectivity index (χ2n) is 6.88. The quantitative estimate of drug-likeness (QED) is 0.602. The number of rotatable bonds is 3. The molecule has 3 aromatic rings. The lowest BCUT2D eigenvalue weighted by Gasteiger charge is -2.18. The molecule has 3 rings (SSSR count). The van der Waals surface area contributed by atoms with Crippen molar-refractivity contribution in [2.24, 2.45) is 0 Å². The van der Waals surface area contributed by atoms with Crippen molar-refractivity contribution in [1.82, 2.24) is 4.98 Å². The molecule has 1 aromatic carbocycles. The molecule has 0 unspecified atom stereocenters. The Morgan fingerprint density at radius 2 is 1.88 bits per heavy atom. The van der Waals surface area contributed by atoms with E-state index in [0.717, 1.165) is 27.3 Å². The van der Waals surface area contributed by atoms with Crippen molar-refractivity contribution in [2.75, 3.05) is 0 Å². The van der Waals surface area contributed by atoms with E-state index in [1.54, 1.807) is 23.5 Å². The van der Waals surface area contributed by atoms with Gasteiger partial charge in [-0.1, -0.05) is 38.4 Å². The summed E-state index contributed by atoms with van der Waals surface area (Å²) in [6, 6.07) is 11.0. The van der Waals surface area contributed by atoms with Gasteiger partial charge in [0.2, 0.25) is 0 Å². The summed E-state index contributed by atoms with van der Waals surface area (Å²) in [7, 11) is 0. The lowest BCUT2D eigenvalue weighted by molar-refractivity contribution is 0.0697. The Labute approximate surface area is 155 Å². The van der Waals surface area contributed by atoms with E-state index in [9.17, 15) is 4.79 Å². The summed E-state index contributed by atoms with van der Waals surface area (Å²) < 4.78 is 0. The predicted octanol–water partition coefficient (Wildman–Crippen LogP) is 6.13. The van der Waals surface area contributed by atoms with Crippen molar-refractivity contribution < 1.29 is 9.90 Å². The second kappa shape index (κ2) is 6.62. The highest BCUT2D eigenvalue weighted by atomic mass is 35.5. The fourth-order valence-electron chi connectivity index (χ4n) is 2.50. The highest BCUT2D eigenvalue weighted by molar-refractivity contribution is 7.14. The van der Waals surface area contributed by atoms with Crippen LogP contribution in [0.25, 0.3) is 21.6 Å². The zero-order valence-electron chi connectivity index (χ0n) is 14.2. The number of aromatic carboxylic acids is 1. The summed E-state index contributed by atoms with van der Waals surface area (Å²) in [5.74, 6) is -0.980. The summed E-state index contributed by atoms with van der Waals surface area (Å²) in [6.07, 6.45) is 1.84. The summed E-state index contributed by atoms with van der Waals surface area (Å²) in [4.78, 5) is 16.5. The molecule has 2 heterocycles. The maximum Gasteiger partial charge on any atom is 0.335 e. The zero-order valence-corrected chi connectivity index (χ0v) is 15.8. The first-order chi connectivity index (χ1) is 11.8. The van der Waals surface area contributed by atoms with Gasteiger partial charge in [0, 0.05) is 27.7 Å². The van der Waals surface area contributed by atoms with Crippen LogP contribution in [0.3, 0.4) is 0 Å². The van der Waals surface area contributed by atoms with Gasteiger partial charge in [-0.15, -0.1) is 11.3 Å². The predicted molar refractivity (Wildman–Crippen MR) is 104 cm³/mol. The smallest absolute Gasteiger partial charge is 0.335 e. The molecule has 2 aromatic heterocycles. The van der Waals surface area contributed by atoms with Crippen molar-refractivity contribution >= 4 is 28.9 Å². The fourth-order valence-corrected chi connectivity index (χ4v) is 3.79. The Hall–Kier alpha value is -2.17. The third-order valence-corrected chi connectivity index (χ3v) is 5.22. The summed E-state index contributed by atoms with van der Waals surface area (Å²) >= 11 is 7.87. The number of nitrogens with zero attached hydrogens (tertiary/aromatic N) is 1. The molecule has 1 N–H and O–H groups in total. The number of carboxylic acids is 1. The molecule has 0 aliphatic heterocycles. The van der Waals surface area contributed by atoms with E-state index < -0.39 is 5.97 Å². The Bertz CT molecular complexity index is 941. The Morgan fingerprint density at radius 1 is 1.12 bits per heavy atom. The van der Waals surface area contributed by atoms with Gasteiger partial charge in [-0.25, -0.2) is 4.79 Å².